The second kappa shape index (κ2) is 9.25. The zero-order valence-electron chi connectivity index (χ0n) is 14.3. The van der Waals surface area contributed by atoms with Crippen LogP contribution < -0.4 is 5.32 Å². The summed E-state index contributed by atoms with van der Waals surface area (Å²) >= 11 is 5.87. The normalized spacial score (nSPS) is 20.9. The third-order valence-corrected chi connectivity index (χ3v) is 4.95. The van der Waals surface area contributed by atoms with Gasteiger partial charge in [0.15, 0.2) is 0 Å². The van der Waals surface area contributed by atoms with Crippen molar-refractivity contribution in [3.05, 3.63) is 34.9 Å². The number of nitrogens with one attached hydrogen (secondary N) is 1. The Morgan fingerprint density at radius 2 is 2.17 bits per heavy atom. The van der Waals surface area contributed by atoms with Gasteiger partial charge in [0.05, 0.1) is 6.61 Å². The number of carbonyl (C=O) groups excluding carboxylic acids is 1. The molecule has 0 spiro atoms. The van der Waals surface area contributed by atoms with Crippen molar-refractivity contribution in [2.24, 2.45) is 5.41 Å². The molecule has 0 bridgehead atoms. The molecular formula is C18H27ClN2O3. The molecule has 24 heavy (non-hydrogen) atoms. The first-order chi connectivity index (χ1) is 11.6. The third kappa shape index (κ3) is 5.36. The Balaban J connectivity index is 1.87. The number of aliphatic hydroxyl groups excluding tert-OH is 1. The Labute approximate surface area is 148 Å². The topological polar surface area (TPSA) is 61.8 Å². The van der Waals surface area contributed by atoms with Gasteiger partial charge >= 0.3 is 6.03 Å². The molecule has 1 aliphatic heterocycles. The van der Waals surface area contributed by atoms with Crippen LogP contribution >= 0.6 is 11.6 Å². The zero-order valence-corrected chi connectivity index (χ0v) is 15.0. The number of urea groups is 1. The predicted octanol–water partition coefficient (Wildman–Crippen LogP) is 3.05. The van der Waals surface area contributed by atoms with Crippen LogP contribution in [0.15, 0.2) is 24.3 Å². The van der Waals surface area contributed by atoms with Gasteiger partial charge in [0, 0.05) is 43.8 Å². The number of carbonyl (C=O) groups is 1. The molecule has 1 heterocycles. The summed E-state index contributed by atoms with van der Waals surface area (Å²) in [6, 6.07) is 7.37. The molecule has 0 unspecified atom stereocenters. The molecule has 2 rings (SSSR count). The van der Waals surface area contributed by atoms with Gasteiger partial charge in [0.1, 0.15) is 0 Å². The van der Waals surface area contributed by atoms with E-state index in [1.54, 1.807) is 7.11 Å². The van der Waals surface area contributed by atoms with E-state index in [0.717, 1.165) is 37.8 Å². The van der Waals surface area contributed by atoms with Crippen molar-refractivity contribution in [2.45, 2.75) is 32.2 Å². The number of nitrogens with zero attached hydrogens (tertiary/aromatic N) is 1. The summed E-state index contributed by atoms with van der Waals surface area (Å²) in [4.78, 5) is 14.3. The number of piperidine rings is 1. The van der Waals surface area contributed by atoms with Gasteiger partial charge in [-0.05, 0) is 43.4 Å². The molecule has 0 aliphatic carbocycles. The van der Waals surface area contributed by atoms with Crippen LogP contribution in [0.5, 0.6) is 0 Å². The van der Waals surface area contributed by atoms with Gasteiger partial charge in [-0.1, -0.05) is 23.7 Å². The van der Waals surface area contributed by atoms with Crippen molar-refractivity contribution >= 4 is 17.6 Å². The molecule has 1 saturated heterocycles. The number of methoxy groups -OCH3 is 1. The number of halogens is 1. The number of benzene rings is 1. The fraction of sp³-hybridized carbons (Fsp3) is 0.611. The molecule has 6 heteroatoms. The van der Waals surface area contributed by atoms with Crippen molar-refractivity contribution in [1.82, 2.24) is 10.2 Å². The van der Waals surface area contributed by atoms with Gasteiger partial charge in [0.25, 0.3) is 0 Å². The minimum Gasteiger partial charge on any atom is -0.396 e. The number of rotatable bonds is 7. The summed E-state index contributed by atoms with van der Waals surface area (Å²) in [7, 11) is 1.68. The Hall–Kier alpha value is -1.30. The van der Waals surface area contributed by atoms with E-state index in [9.17, 15) is 9.90 Å². The van der Waals surface area contributed by atoms with Crippen molar-refractivity contribution in [1.29, 1.82) is 0 Å². The molecule has 5 nitrogen and oxygen atoms in total. The summed E-state index contributed by atoms with van der Waals surface area (Å²) in [5.41, 5.74) is 0.812. The summed E-state index contributed by atoms with van der Waals surface area (Å²) in [5.74, 6) is 0. The molecule has 0 aromatic heterocycles. The zero-order chi connectivity index (χ0) is 17.4. The van der Waals surface area contributed by atoms with Crippen LogP contribution in [0.2, 0.25) is 5.02 Å². The van der Waals surface area contributed by atoms with Gasteiger partial charge in [-0.3, -0.25) is 0 Å². The van der Waals surface area contributed by atoms with Crippen molar-refractivity contribution in [3.8, 4) is 0 Å². The highest BCUT2D eigenvalue weighted by Gasteiger charge is 2.36. The maximum atomic E-state index is 12.5. The van der Waals surface area contributed by atoms with Crippen molar-refractivity contribution in [2.75, 3.05) is 33.4 Å². The van der Waals surface area contributed by atoms with Gasteiger partial charge in [-0.15, -0.1) is 0 Å². The van der Waals surface area contributed by atoms with Crippen LogP contribution in [-0.2, 0) is 11.3 Å². The summed E-state index contributed by atoms with van der Waals surface area (Å²) in [6.45, 7) is 2.60. The van der Waals surface area contributed by atoms with Gasteiger partial charge in [-0.2, -0.15) is 0 Å². The molecule has 0 radical (unpaired) electrons. The monoisotopic (exact) mass is 354 g/mol. The lowest BCUT2D eigenvalue weighted by molar-refractivity contribution is 0.0327. The number of aliphatic hydroxyl groups is 1. The van der Waals surface area contributed by atoms with E-state index >= 15 is 0 Å². The highest BCUT2D eigenvalue weighted by molar-refractivity contribution is 6.30. The van der Waals surface area contributed by atoms with E-state index in [1.165, 1.54) is 0 Å². The average Bonchev–Trinajstić information content (AvgIpc) is 2.61. The molecule has 1 fully saturated rings. The molecule has 1 aromatic rings. The smallest absolute Gasteiger partial charge is 0.317 e. The molecule has 134 valence electrons. The Kier molecular flexibility index (Phi) is 7.34. The van der Waals surface area contributed by atoms with Crippen molar-refractivity contribution in [3.63, 3.8) is 0 Å². The molecule has 1 aromatic carbocycles. The lowest BCUT2D eigenvalue weighted by atomic mass is 9.77. The Morgan fingerprint density at radius 1 is 1.42 bits per heavy atom. The highest BCUT2D eigenvalue weighted by atomic mass is 35.5. The van der Waals surface area contributed by atoms with E-state index in [2.05, 4.69) is 5.32 Å². The first kappa shape index (κ1) is 19.0. The van der Waals surface area contributed by atoms with Crippen LogP contribution in [-0.4, -0.2) is 49.5 Å². The van der Waals surface area contributed by atoms with E-state index in [1.807, 2.05) is 29.2 Å². The molecular weight excluding hydrogens is 328 g/mol. The first-order valence-corrected chi connectivity index (χ1v) is 8.83. The van der Waals surface area contributed by atoms with Crippen LogP contribution in [0.1, 0.15) is 31.2 Å². The van der Waals surface area contributed by atoms with E-state index < -0.39 is 0 Å². The van der Waals surface area contributed by atoms with Crippen LogP contribution in [0.3, 0.4) is 0 Å². The van der Waals surface area contributed by atoms with Gasteiger partial charge in [0.2, 0.25) is 0 Å². The number of ether oxygens (including phenoxy) is 1. The molecule has 0 saturated carbocycles. The molecule has 1 aliphatic rings. The summed E-state index contributed by atoms with van der Waals surface area (Å²) < 4.78 is 5.11. The fourth-order valence-electron chi connectivity index (χ4n) is 3.28. The summed E-state index contributed by atoms with van der Waals surface area (Å²) in [6.07, 6.45) is 3.64. The standard InChI is InChI=1S/C18H27ClN2O3/c1-24-11-3-9-18(14-22)8-2-10-21(13-18)17(23)20-12-15-4-6-16(19)7-5-15/h4-7,22H,2-3,8-14H2,1H3,(H,20,23)/t18-/m1/s1. The highest BCUT2D eigenvalue weighted by Crippen LogP contribution is 2.34. The fourth-order valence-corrected chi connectivity index (χ4v) is 3.40. The molecule has 2 N–H and O–H groups in total. The number of hydrogen-bond acceptors (Lipinski definition) is 3. The lowest BCUT2D eigenvalue weighted by Gasteiger charge is -2.42. The minimum atomic E-state index is -0.200. The van der Waals surface area contributed by atoms with Crippen molar-refractivity contribution < 1.29 is 14.6 Å². The maximum absolute atomic E-state index is 12.5. The first-order valence-electron chi connectivity index (χ1n) is 8.46. The SMILES string of the molecule is COCCC[C@]1(CO)CCCN(C(=O)NCc2ccc(Cl)cc2)C1. The summed E-state index contributed by atoms with van der Waals surface area (Å²) in [5, 5.41) is 13.5. The largest absolute Gasteiger partial charge is 0.396 e. The predicted molar refractivity (Wildman–Crippen MR) is 95.1 cm³/mol. The third-order valence-electron chi connectivity index (χ3n) is 4.70. The van der Waals surface area contributed by atoms with Crippen LogP contribution in [0, 0.1) is 5.41 Å². The van der Waals surface area contributed by atoms with E-state index in [-0.39, 0.29) is 18.1 Å². The molecule has 1 atom stereocenters. The van der Waals surface area contributed by atoms with Gasteiger partial charge < -0.3 is 20.1 Å². The molecule has 2 amide bonds. The van der Waals surface area contributed by atoms with E-state index in [4.69, 9.17) is 16.3 Å². The Morgan fingerprint density at radius 3 is 2.83 bits per heavy atom. The maximum Gasteiger partial charge on any atom is 0.317 e. The Bertz CT molecular complexity index is 524. The van der Waals surface area contributed by atoms with Crippen LogP contribution in [0.25, 0.3) is 0 Å². The number of amides is 2. The minimum absolute atomic E-state index is 0.0748. The van der Waals surface area contributed by atoms with E-state index in [0.29, 0.717) is 24.7 Å². The average molecular weight is 355 g/mol. The quantitative estimate of drug-likeness (QED) is 0.740. The second-order valence-electron chi connectivity index (χ2n) is 6.56. The lowest BCUT2D eigenvalue weighted by Crippen LogP contribution is -2.51. The van der Waals surface area contributed by atoms with Crippen LogP contribution in [0.4, 0.5) is 4.79 Å². The number of hydrogen-bond donors (Lipinski definition) is 2. The second-order valence-corrected chi connectivity index (χ2v) is 7.00. The number of likely N-dealkylation sites (tertiary alicyclic amines) is 1. The van der Waals surface area contributed by atoms with Gasteiger partial charge in [-0.25, -0.2) is 4.79 Å².